The average Bonchev–Trinajstić information content (AvgIpc) is 2.99. The van der Waals surface area contributed by atoms with E-state index >= 15 is 0 Å². The Hall–Kier alpha value is -3.21. The van der Waals surface area contributed by atoms with Crippen molar-refractivity contribution in [2.75, 3.05) is 11.9 Å². The molecule has 3 rings (SSSR count). The first-order valence-electron chi connectivity index (χ1n) is 7.39. The summed E-state index contributed by atoms with van der Waals surface area (Å²) < 4.78 is 53.4. The van der Waals surface area contributed by atoms with Crippen molar-refractivity contribution in [3.05, 3.63) is 57.9 Å². The van der Waals surface area contributed by atoms with Gasteiger partial charge in [0, 0.05) is 0 Å². The minimum atomic E-state index is -1.73. The first-order chi connectivity index (χ1) is 12.8. The minimum absolute atomic E-state index is 0.107. The fourth-order valence-electron chi connectivity index (χ4n) is 2.36. The predicted molar refractivity (Wildman–Crippen MR) is 90.7 cm³/mol. The number of fused-ring (bicyclic) bond motifs is 1. The van der Waals surface area contributed by atoms with Gasteiger partial charge in [-0.05, 0) is 36.5 Å². The van der Waals surface area contributed by atoms with Gasteiger partial charge < -0.3 is 20.6 Å². The highest BCUT2D eigenvalue weighted by Gasteiger charge is 2.17. The predicted octanol–water partition coefficient (Wildman–Crippen LogP) is 3.15. The molecule has 1 heterocycles. The maximum Gasteiger partial charge on any atom is 0.254 e. The first kappa shape index (κ1) is 18.6. The van der Waals surface area contributed by atoms with Crippen molar-refractivity contribution in [1.29, 1.82) is 0 Å². The van der Waals surface area contributed by atoms with Crippen molar-refractivity contribution in [3.8, 4) is 0 Å². The number of imidazole rings is 1. The molecular formula is C16H10F4N4O2S. The lowest BCUT2D eigenvalue weighted by Crippen LogP contribution is -2.33. The Morgan fingerprint density at radius 3 is 2.52 bits per heavy atom. The van der Waals surface area contributed by atoms with Crippen molar-refractivity contribution >= 4 is 40.8 Å². The van der Waals surface area contributed by atoms with E-state index in [1.54, 1.807) is 0 Å². The molecule has 2 aromatic carbocycles. The van der Waals surface area contributed by atoms with Gasteiger partial charge in [-0.25, -0.2) is 17.6 Å². The molecule has 0 spiro atoms. The van der Waals surface area contributed by atoms with Gasteiger partial charge in [0.05, 0.1) is 28.8 Å². The number of aromatic nitrogens is 2. The Balaban J connectivity index is 1.72. The van der Waals surface area contributed by atoms with Crippen molar-refractivity contribution < 1.29 is 27.2 Å². The highest BCUT2D eigenvalue weighted by atomic mass is 32.1. The summed E-state index contributed by atoms with van der Waals surface area (Å²) in [5, 5.41) is 4.21. The number of halogens is 4. The molecule has 4 N–H and O–H groups in total. The number of rotatable bonds is 4. The topological polar surface area (TPSA) is 89.8 Å². The van der Waals surface area contributed by atoms with E-state index in [2.05, 4.69) is 15.3 Å². The summed E-state index contributed by atoms with van der Waals surface area (Å²) in [5.41, 5.74) is -0.190. The molecule has 6 nitrogen and oxygen atoms in total. The summed E-state index contributed by atoms with van der Waals surface area (Å²) in [6.45, 7) is -0.625. The second-order valence-corrected chi connectivity index (χ2v) is 5.82. The molecule has 140 valence electrons. The molecule has 11 heteroatoms. The van der Waals surface area contributed by atoms with E-state index in [-0.39, 0.29) is 21.4 Å². The molecule has 0 saturated carbocycles. The number of nitrogens with one attached hydrogen (secondary N) is 4. The fraction of sp³-hybridized carbons (Fsp3) is 0.0625. The second kappa shape index (κ2) is 7.19. The van der Waals surface area contributed by atoms with Crippen LogP contribution < -0.4 is 10.6 Å². The standard InChI is InChI=1S/C16H10F4N4O2S/c17-6-3-7(14-10(4-6)23-16(27)24-14)15(26)21-5-11(25)22-9-2-1-8(18)12(19)13(9)20/h1-4H,5H2,(H,21,26)(H,22,25)(H2,23,24,27). The van der Waals surface area contributed by atoms with Gasteiger partial charge in [0.1, 0.15) is 5.82 Å². The molecule has 3 aromatic rings. The smallest absolute Gasteiger partial charge is 0.254 e. The van der Waals surface area contributed by atoms with Gasteiger partial charge in [0.15, 0.2) is 22.2 Å². The molecule has 1 aromatic heterocycles. The normalized spacial score (nSPS) is 10.8. The van der Waals surface area contributed by atoms with Gasteiger partial charge in [-0.2, -0.15) is 0 Å². The lowest BCUT2D eigenvalue weighted by atomic mass is 10.1. The SMILES string of the molecule is O=C(CNC(=O)c1cc(F)cc2[nH]c(=S)[nH]c12)Nc1ccc(F)c(F)c1F. The van der Waals surface area contributed by atoms with E-state index in [0.29, 0.717) is 6.07 Å². The van der Waals surface area contributed by atoms with Crippen molar-refractivity contribution in [1.82, 2.24) is 15.3 Å². The number of carbonyl (C=O) groups excluding carboxylic acids is 2. The zero-order valence-electron chi connectivity index (χ0n) is 13.3. The average molecular weight is 398 g/mol. The quantitative estimate of drug-likeness (QED) is 0.309. The van der Waals surface area contributed by atoms with Crippen molar-refractivity contribution in [2.45, 2.75) is 0 Å². The third kappa shape index (κ3) is 3.82. The van der Waals surface area contributed by atoms with Gasteiger partial charge in [0.25, 0.3) is 5.91 Å². The highest BCUT2D eigenvalue weighted by Crippen LogP contribution is 2.20. The number of H-pyrrole nitrogens is 2. The Labute approximate surface area is 153 Å². The summed E-state index contributed by atoms with van der Waals surface area (Å²) in [6, 6.07) is 3.56. The summed E-state index contributed by atoms with van der Waals surface area (Å²) >= 11 is 4.89. The monoisotopic (exact) mass is 398 g/mol. The van der Waals surface area contributed by atoms with Crippen LogP contribution in [0, 0.1) is 28.0 Å². The van der Waals surface area contributed by atoms with E-state index < -0.39 is 47.3 Å². The number of hydrogen-bond acceptors (Lipinski definition) is 3. The Kier molecular flexibility index (Phi) is 4.95. The maximum absolute atomic E-state index is 13.6. The third-order valence-corrected chi connectivity index (χ3v) is 3.76. The van der Waals surface area contributed by atoms with Crippen LogP contribution in [-0.4, -0.2) is 28.3 Å². The zero-order valence-corrected chi connectivity index (χ0v) is 14.1. The zero-order chi connectivity index (χ0) is 19.7. The summed E-state index contributed by atoms with van der Waals surface area (Å²) in [7, 11) is 0. The van der Waals surface area contributed by atoms with Gasteiger partial charge >= 0.3 is 0 Å². The van der Waals surface area contributed by atoms with E-state index in [0.717, 1.165) is 18.2 Å². The molecule has 0 fully saturated rings. The molecule has 27 heavy (non-hydrogen) atoms. The first-order valence-corrected chi connectivity index (χ1v) is 7.80. The van der Waals surface area contributed by atoms with Gasteiger partial charge in [0.2, 0.25) is 5.91 Å². The maximum atomic E-state index is 13.6. The van der Waals surface area contributed by atoms with E-state index in [4.69, 9.17) is 12.2 Å². The number of anilines is 1. The van der Waals surface area contributed by atoms with Crippen LogP contribution in [0.3, 0.4) is 0 Å². The van der Waals surface area contributed by atoms with Crippen LogP contribution in [0.5, 0.6) is 0 Å². The van der Waals surface area contributed by atoms with Crippen LogP contribution in [0.2, 0.25) is 0 Å². The summed E-state index contributed by atoms with van der Waals surface area (Å²) in [4.78, 5) is 29.4. The molecule has 0 atom stereocenters. The van der Waals surface area contributed by atoms with Gasteiger partial charge in [-0.15, -0.1) is 0 Å². The number of benzene rings is 2. The molecule has 0 unspecified atom stereocenters. The number of amides is 2. The molecule has 0 radical (unpaired) electrons. The number of hydrogen-bond donors (Lipinski definition) is 4. The highest BCUT2D eigenvalue weighted by molar-refractivity contribution is 7.71. The van der Waals surface area contributed by atoms with E-state index in [9.17, 15) is 27.2 Å². The Morgan fingerprint density at radius 1 is 1.04 bits per heavy atom. The van der Waals surface area contributed by atoms with E-state index in [1.807, 2.05) is 5.32 Å². The van der Waals surface area contributed by atoms with Crippen LogP contribution in [0.4, 0.5) is 23.2 Å². The molecular weight excluding hydrogens is 388 g/mol. The van der Waals surface area contributed by atoms with Gasteiger partial charge in [-0.1, -0.05) is 0 Å². The molecule has 0 aliphatic carbocycles. The van der Waals surface area contributed by atoms with E-state index in [1.165, 1.54) is 0 Å². The van der Waals surface area contributed by atoms with Crippen LogP contribution in [0.1, 0.15) is 10.4 Å². The molecule has 0 bridgehead atoms. The lowest BCUT2D eigenvalue weighted by molar-refractivity contribution is -0.115. The van der Waals surface area contributed by atoms with Gasteiger partial charge in [-0.3, -0.25) is 9.59 Å². The molecule has 2 amide bonds. The second-order valence-electron chi connectivity index (χ2n) is 5.41. The van der Waals surface area contributed by atoms with Crippen LogP contribution in [0.15, 0.2) is 24.3 Å². The Morgan fingerprint density at radius 2 is 1.78 bits per heavy atom. The summed E-state index contributed by atoms with van der Waals surface area (Å²) in [6.07, 6.45) is 0. The lowest BCUT2D eigenvalue weighted by Gasteiger charge is -2.09. The Bertz CT molecular complexity index is 1130. The third-order valence-electron chi connectivity index (χ3n) is 3.55. The molecule has 0 aliphatic rings. The van der Waals surface area contributed by atoms with Crippen LogP contribution in [-0.2, 0) is 4.79 Å². The minimum Gasteiger partial charge on any atom is -0.343 e. The number of aromatic amines is 2. The number of carbonyl (C=O) groups is 2. The fourth-order valence-corrected chi connectivity index (χ4v) is 2.57. The van der Waals surface area contributed by atoms with Crippen LogP contribution in [0.25, 0.3) is 11.0 Å². The largest absolute Gasteiger partial charge is 0.343 e. The molecule has 0 aliphatic heterocycles. The summed E-state index contributed by atoms with van der Waals surface area (Å²) in [5.74, 6) is -7.11. The van der Waals surface area contributed by atoms with Crippen molar-refractivity contribution in [2.24, 2.45) is 0 Å². The van der Waals surface area contributed by atoms with Crippen molar-refractivity contribution in [3.63, 3.8) is 0 Å². The van der Waals surface area contributed by atoms with Crippen LogP contribution >= 0.6 is 12.2 Å². The molecule has 0 saturated heterocycles.